The summed E-state index contributed by atoms with van der Waals surface area (Å²) in [6, 6.07) is 0. The zero-order valence-corrected chi connectivity index (χ0v) is 5.84. The summed E-state index contributed by atoms with van der Waals surface area (Å²) in [6.45, 7) is 0. The summed E-state index contributed by atoms with van der Waals surface area (Å²) in [5.41, 5.74) is 5.89. The predicted molar refractivity (Wildman–Crippen MR) is 35.2 cm³/mol. The van der Waals surface area contributed by atoms with Crippen molar-refractivity contribution < 1.29 is 0 Å². The molecule has 1 aliphatic rings. The van der Waals surface area contributed by atoms with Gasteiger partial charge in [-0.1, -0.05) is 0 Å². The minimum absolute atomic E-state index is 0.817. The van der Waals surface area contributed by atoms with Crippen LogP contribution in [0.3, 0.4) is 0 Å². The Morgan fingerprint density at radius 1 is 1.44 bits per heavy atom. The SMILES string of the molecule is CN=C1NN(C)NN1C. The van der Waals surface area contributed by atoms with Crippen LogP contribution in [-0.2, 0) is 0 Å². The number of nitrogens with one attached hydrogen (secondary N) is 2. The number of hydrogen-bond acceptors (Lipinski definition) is 3. The molecule has 0 aromatic rings. The van der Waals surface area contributed by atoms with Crippen molar-refractivity contribution in [1.29, 1.82) is 0 Å². The number of aliphatic imine (C=N–C) groups is 1. The van der Waals surface area contributed by atoms with Crippen molar-refractivity contribution in [3.05, 3.63) is 0 Å². The van der Waals surface area contributed by atoms with Gasteiger partial charge < -0.3 is 0 Å². The first-order valence-electron chi connectivity index (χ1n) is 2.71. The van der Waals surface area contributed by atoms with E-state index in [2.05, 4.69) is 16.0 Å². The van der Waals surface area contributed by atoms with Crippen molar-refractivity contribution in [2.75, 3.05) is 21.1 Å². The minimum Gasteiger partial charge on any atom is -0.273 e. The highest BCUT2D eigenvalue weighted by molar-refractivity contribution is 5.79. The van der Waals surface area contributed by atoms with Gasteiger partial charge in [0.2, 0.25) is 5.96 Å². The van der Waals surface area contributed by atoms with Crippen molar-refractivity contribution in [1.82, 2.24) is 21.1 Å². The molecule has 1 aliphatic heterocycles. The van der Waals surface area contributed by atoms with E-state index < -0.39 is 0 Å². The lowest BCUT2D eigenvalue weighted by atomic mass is 10.9. The number of nitrogens with zero attached hydrogens (tertiary/aromatic N) is 3. The van der Waals surface area contributed by atoms with Gasteiger partial charge >= 0.3 is 0 Å². The maximum Gasteiger partial charge on any atom is 0.225 e. The highest BCUT2D eigenvalue weighted by atomic mass is 15.9. The van der Waals surface area contributed by atoms with Crippen LogP contribution < -0.4 is 11.0 Å². The molecular weight excluding hydrogens is 118 g/mol. The third-order valence-corrected chi connectivity index (χ3v) is 1.10. The van der Waals surface area contributed by atoms with Gasteiger partial charge in [-0.2, -0.15) is 0 Å². The fraction of sp³-hybridized carbons (Fsp3) is 0.750. The van der Waals surface area contributed by atoms with Crippen LogP contribution in [0.25, 0.3) is 0 Å². The fourth-order valence-electron chi connectivity index (χ4n) is 0.722. The molecule has 52 valence electrons. The molecule has 0 unspecified atom stereocenters. The van der Waals surface area contributed by atoms with Crippen molar-refractivity contribution in [2.45, 2.75) is 0 Å². The van der Waals surface area contributed by atoms with E-state index in [4.69, 9.17) is 0 Å². The molecule has 1 rings (SSSR count). The van der Waals surface area contributed by atoms with E-state index in [1.54, 1.807) is 17.2 Å². The summed E-state index contributed by atoms with van der Waals surface area (Å²) >= 11 is 0. The maximum absolute atomic E-state index is 3.95. The summed E-state index contributed by atoms with van der Waals surface area (Å²) < 4.78 is 0. The molecule has 0 atom stereocenters. The highest BCUT2D eigenvalue weighted by Gasteiger charge is 2.15. The third-order valence-electron chi connectivity index (χ3n) is 1.10. The number of hydrogen-bond donors (Lipinski definition) is 2. The topological polar surface area (TPSA) is 42.9 Å². The third kappa shape index (κ3) is 1.11. The minimum atomic E-state index is 0.817. The fourth-order valence-corrected chi connectivity index (χ4v) is 0.722. The average Bonchev–Trinajstić information content (AvgIpc) is 2.10. The van der Waals surface area contributed by atoms with Crippen LogP contribution in [0.1, 0.15) is 0 Å². The second-order valence-electron chi connectivity index (χ2n) is 1.88. The quantitative estimate of drug-likeness (QED) is 0.430. The van der Waals surface area contributed by atoms with Gasteiger partial charge in [0.15, 0.2) is 0 Å². The summed E-state index contributed by atoms with van der Waals surface area (Å²) in [5, 5.41) is 3.52. The van der Waals surface area contributed by atoms with Crippen LogP contribution >= 0.6 is 0 Å². The predicted octanol–water partition coefficient (Wildman–Crippen LogP) is -1.23. The first-order valence-corrected chi connectivity index (χ1v) is 2.71. The molecule has 1 fully saturated rings. The molecule has 1 saturated heterocycles. The van der Waals surface area contributed by atoms with E-state index in [-0.39, 0.29) is 0 Å². The Kier molecular flexibility index (Phi) is 1.54. The molecule has 9 heavy (non-hydrogen) atoms. The first-order chi connectivity index (χ1) is 4.24. The molecule has 0 bridgehead atoms. The van der Waals surface area contributed by atoms with Crippen molar-refractivity contribution in [2.24, 2.45) is 4.99 Å². The van der Waals surface area contributed by atoms with Gasteiger partial charge in [0.05, 0.1) is 0 Å². The van der Waals surface area contributed by atoms with Gasteiger partial charge in [0, 0.05) is 21.1 Å². The van der Waals surface area contributed by atoms with E-state index in [0.29, 0.717) is 0 Å². The van der Waals surface area contributed by atoms with Crippen LogP contribution in [0.4, 0.5) is 0 Å². The summed E-state index contributed by atoms with van der Waals surface area (Å²) in [5.74, 6) is 0.817. The molecule has 0 amide bonds. The Hall–Kier alpha value is -0.810. The van der Waals surface area contributed by atoms with Crippen molar-refractivity contribution in [3.8, 4) is 0 Å². The second-order valence-corrected chi connectivity index (χ2v) is 1.88. The Bertz CT molecular complexity index is 131. The van der Waals surface area contributed by atoms with Gasteiger partial charge in [-0.15, -0.1) is 10.7 Å². The largest absolute Gasteiger partial charge is 0.273 e. The molecule has 0 spiro atoms. The lowest BCUT2D eigenvalue weighted by Gasteiger charge is -2.07. The van der Waals surface area contributed by atoms with Crippen LogP contribution in [0.5, 0.6) is 0 Å². The number of hydrazine groups is 3. The molecule has 0 aromatic heterocycles. The zero-order chi connectivity index (χ0) is 6.85. The van der Waals surface area contributed by atoms with Crippen molar-refractivity contribution >= 4 is 5.96 Å². The van der Waals surface area contributed by atoms with Gasteiger partial charge in [-0.05, 0) is 0 Å². The monoisotopic (exact) mass is 129 g/mol. The van der Waals surface area contributed by atoms with Crippen LogP contribution in [0.2, 0.25) is 0 Å². The summed E-state index contributed by atoms with van der Waals surface area (Å²) in [7, 11) is 5.49. The molecule has 1 heterocycles. The Morgan fingerprint density at radius 3 is 2.33 bits per heavy atom. The molecule has 0 aromatic carbocycles. The first kappa shape index (κ1) is 6.31. The van der Waals surface area contributed by atoms with E-state index in [1.807, 2.05) is 14.1 Å². The van der Waals surface area contributed by atoms with E-state index >= 15 is 0 Å². The number of rotatable bonds is 0. The lowest BCUT2D eigenvalue weighted by Crippen LogP contribution is -2.36. The lowest BCUT2D eigenvalue weighted by molar-refractivity contribution is 0.155. The molecule has 5 nitrogen and oxygen atoms in total. The molecule has 0 aliphatic carbocycles. The average molecular weight is 129 g/mol. The molecular formula is C4H11N5. The van der Waals surface area contributed by atoms with Crippen LogP contribution in [0, 0.1) is 0 Å². The van der Waals surface area contributed by atoms with Gasteiger partial charge in [0.25, 0.3) is 0 Å². The Morgan fingerprint density at radius 2 is 2.11 bits per heavy atom. The maximum atomic E-state index is 3.95. The standard InChI is InChI=1S/C4H11N5/c1-5-4-6-9(3)7-8(4)2/h7H,1-3H3,(H,5,6). The van der Waals surface area contributed by atoms with Gasteiger partial charge in [-0.25, -0.2) is 0 Å². The molecule has 5 heteroatoms. The number of guanidine groups is 1. The smallest absolute Gasteiger partial charge is 0.225 e. The van der Waals surface area contributed by atoms with Crippen LogP contribution in [-0.4, -0.2) is 37.2 Å². The Labute approximate surface area is 54.3 Å². The molecule has 0 saturated carbocycles. The second kappa shape index (κ2) is 2.20. The highest BCUT2D eigenvalue weighted by Crippen LogP contribution is 1.87. The Balaban J connectivity index is 2.58. The van der Waals surface area contributed by atoms with E-state index in [0.717, 1.165) is 5.96 Å². The molecule has 2 N–H and O–H groups in total. The summed E-state index contributed by atoms with van der Waals surface area (Å²) in [6.07, 6.45) is 0. The van der Waals surface area contributed by atoms with E-state index in [1.165, 1.54) is 0 Å². The van der Waals surface area contributed by atoms with E-state index in [9.17, 15) is 0 Å². The summed E-state index contributed by atoms with van der Waals surface area (Å²) in [4.78, 5) is 3.95. The normalized spacial score (nSPS) is 25.2. The zero-order valence-electron chi connectivity index (χ0n) is 5.84. The van der Waals surface area contributed by atoms with Crippen molar-refractivity contribution in [3.63, 3.8) is 0 Å². The van der Waals surface area contributed by atoms with Gasteiger partial charge in [0.1, 0.15) is 0 Å². The van der Waals surface area contributed by atoms with Gasteiger partial charge in [-0.3, -0.25) is 15.4 Å². The molecule has 0 radical (unpaired) electrons. The van der Waals surface area contributed by atoms with Crippen LogP contribution in [0.15, 0.2) is 4.99 Å².